The van der Waals surface area contributed by atoms with Crippen molar-refractivity contribution in [1.82, 2.24) is 9.47 Å². The maximum absolute atomic E-state index is 13.1. The summed E-state index contributed by atoms with van der Waals surface area (Å²) in [4.78, 5) is 27.3. The molecule has 0 atom stereocenters. The van der Waals surface area contributed by atoms with Crippen LogP contribution in [0.1, 0.15) is 41.3 Å². The maximum atomic E-state index is 13.1. The Balaban J connectivity index is 1.38. The molecule has 3 heterocycles. The maximum Gasteiger partial charge on any atom is 0.309 e. The zero-order chi connectivity index (χ0) is 23.8. The van der Waals surface area contributed by atoms with Crippen LogP contribution in [0, 0.1) is 5.92 Å². The SMILES string of the molecule is CCOC(=O)C1CCN(Cc2c(O)ccc3c2O/C(=C/c2cn(C)c4ccccc24)C3=O)CC1. The number of aromatic hydroxyl groups is 1. The van der Waals surface area contributed by atoms with E-state index in [2.05, 4.69) is 4.90 Å². The molecule has 176 valence electrons. The van der Waals surface area contributed by atoms with Crippen molar-refractivity contribution in [3.05, 3.63) is 65.0 Å². The number of benzene rings is 2. The predicted octanol–water partition coefficient (Wildman–Crippen LogP) is 4.28. The molecule has 7 nitrogen and oxygen atoms in total. The number of hydrogen-bond donors (Lipinski definition) is 1. The van der Waals surface area contributed by atoms with Crippen LogP contribution in [0.15, 0.2) is 48.4 Å². The minimum atomic E-state index is -0.190. The van der Waals surface area contributed by atoms with Crippen molar-refractivity contribution in [2.75, 3.05) is 19.7 Å². The number of likely N-dealkylation sites (tertiary alicyclic amines) is 1. The Morgan fingerprint density at radius 1 is 1.21 bits per heavy atom. The topological polar surface area (TPSA) is 81.0 Å². The molecular weight excluding hydrogens is 432 g/mol. The number of rotatable bonds is 5. The number of allylic oxidation sites excluding steroid dienone is 1. The first kappa shape index (κ1) is 22.2. The van der Waals surface area contributed by atoms with Crippen molar-refractivity contribution in [3.63, 3.8) is 0 Å². The molecule has 7 heteroatoms. The average molecular weight is 461 g/mol. The van der Waals surface area contributed by atoms with Crippen LogP contribution in [0.2, 0.25) is 0 Å². The number of aryl methyl sites for hydroxylation is 1. The Morgan fingerprint density at radius 3 is 2.74 bits per heavy atom. The van der Waals surface area contributed by atoms with E-state index < -0.39 is 0 Å². The number of phenolic OH excluding ortho intramolecular Hbond substituents is 1. The summed E-state index contributed by atoms with van der Waals surface area (Å²) >= 11 is 0. The van der Waals surface area contributed by atoms with E-state index in [1.165, 1.54) is 0 Å². The van der Waals surface area contributed by atoms with Crippen molar-refractivity contribution >= 4 is 28.7 Å². The van der Waals surface area contributed by atoms with E-state index in [0.29, 0.717) is 56.0 Å². The van der Waals surface area contributed by atoms with Crippen molar-refractivity contribution < 1.29 is 24.2 Å². The summed E-state index contributed by atoms with van der Waals surface area (Å²) < 4.78 is 13.2. The number of aromatic nitrogens is 1. The lowest BCUT2D eigenvalue weighted by Crippen LogP contribution is -2.36. The first-order chi connectivity index (χ1) is 16.5. The number of phenols is 1. The number of nitrogens with zero attached hydrogens (tertiary/aromatic N) is 2. The number of carbonyl (C=O) groups is 2. The molecule has 1 saturated heterocycles. The number of ether oxygens (including phenoxy) is 2. The number of esters is 1. The van der Waals surface area contributed by atoms with E-state index in [1.54, 1.807) is 18.2 Å². The predicted molar refractivity (Wildman–Crippen MR) is 129 cm³/mol. The molecular formula is C27H28N2O5. The van der Waals surface area contributed by atoms with Crippen molar-refractivity contribution in [2.24, 2.45) is 13.0 Å². The van der Waals surface area contributed by atoms with Crippen LogP contribution in [0.25, 0.3) is 17.0 Å². The third kappa shape index (κ3) is 3.96. The Morgan fingerprint density at radius 2 is 1.97 bits per heavy atom. The van der Waals surface area contributed by atoms with Gasteiger partial charge in [0.25, 0.3) is 0 Å². The minimum Gasteiger partial charge on any atom is -0.507 e. The van der Waals surface area contributed by atoms with Crippen LogP contribution in [0.5, 0.6) is 11.5 Å². The van der Waals surface area contributed by atoms with Crippen LogP contribution < -0.4 is 4.74 Å². The summed E-state index contributed by atoms with van der Waals surface area (Å²) in [6, 6.07) is 11.2. The molecule has 2 aliphatic heterocycles. The number of Topliss-reactive ketones (excluding diaryl/α,β-unsaturated/α-hetero) is 1. The van der Waals surface area contributed by atoms with Gasteiger partial charge in [-0.25, -0.2) is 0 Å². The molecule has 1 fully saturated rings. The monoisotopic (exact) mass is 460 g/mol. The third-order valence-electron chi connectivity index (χ3n) is 6.72. The van der Waals surface area contributed by atoms with Gasteiger partial charge in [0.05, 0.1) is 23.7 Å². The fourth-order valence-corrected chi connectivity index (χ4v) is 4.89. The fraction of sp³-hybridized carbons (Fsp3) is 0.333. The number of carbonyl (C=O) groups excluding carboxylic acids is 2. The highest BCUT2D eigenvalue weighted by molar-refractivity contribution is 6.15. The van der Waals surface area contributed by atoms with Gasteiger partial charge in [0.1, 0.15) is 11.5 Å². The average Bonchev–Trinajstić information content (AvgIpc) is 3.33. The molecule has 34 heavy (non-hydrogen) atoms. The highest BCUT2D eigenvalue weighted by Crippen LogP contribution is 2.41. The van der Waals surface area contributed by atoms with Crippen LogP contribution >= 0.6 is 0 Å². The largest absolute Gasteiger partial charge is 0.507 e. The Hall–Kier alpha value is -3.58. The van der Waals surface area contributed by atoms with E-state index >= 15 is 0 Å². The van der Waals surface area contributed by atoms with E-state index in [1.807, 2.05) is 49.0 Å². The van der Waals surface area contributed by atoms with E-state index in [0.717, 1.165) is 16.5 Å². The molecule has 2 aromatic carbocycles. The van der Waals surface area contributed by atoms with Gasteiger partial charge in [0, 0.05) is 36.3 Å². The van der Waals surface area contributed by atoms with Gasteiger partial charge in [0.2, 0.25) is 5.78 Å². The second-order valence-corrected chi connectivity index (χ2v) is 8.89. The second kappa shape index (κ2) is 8.99. The number of hydrogen-bond acceptors (Lipinski definition) is 6. The summed E-state index contributed by atoms with van der Waals surface area (Å²) in [5.41, 5.74) is 3.03. The lowest BCUT2D eigenvalue weighted by molar-refractivity contribution is -0.149. The van der Waals surface area contributed by atoms with E-state index in [-0.39, 0.29) is 29.2 Å². The van der Waals surface area contributed by atoms with Crippen LogP contribution in [-0.4, -0.2) is 46.0 Å². The van der Waals surface area contributed by atoms with E-state index in [9.17, 15) is 14.7 Å². The van der Waals surface area contributed by atoms with Gasteiger partial charge in [-0.05, 0) is 57.1 Å². The minimum absolute atomic E-state index is 0.0839. The summed E-state index contributed by atoms with van der Waals surface area (Å²) in [6.45, 7) is 4.07. The van der Waals surface area contributed by atoms with Gasteiger partial charge < -0.3 is 19.1 Å². The molecule has 0 amide bonds. The fourth-order valence-electron chi connectivity index (χ4n) is 4.89. The van der Waals surface area contributed by atoms with Crippen molar-refractivity contribution in [2.45, 2.75) is 26.3 Å². The normalized spacial score (nSPS) is 17.8. The highest BCUT2D eigenvalue weighted by atomic mass is 16.5. The summed E-state index contributed by atoms with van der Waals surface area (Å²) in [5.74, 6) is 0.362. The molecule has 2 aliphatic rings. The van der Waals surface area contributed by atoms with Crippen LogP contribution in [0.3, 0.4) is 0 Å². The lowest BCUT2D eigenvalue weighted by atomic mass is 9.96. The number of para-hydroxylation sites is 1. The molecule has 0 saturated carbocycles. The zero-order valence-corrected chi connectivity index (χ0v) is 19.4. The quantitative estimate of drug-likeness (QED) is 0.452. The Labute approximate surface area is 198 Å². The van der Waals surface area contributed by atoms with E-state index in [4.69, 9.17) is 9.47 Å². The summed E-state index contributed by atoms with van der Waals surface area (Å²) in [6.07, 6.45) is 5.17. The Kier molecular flexibility index (Phi) is 5.87. The van der Waals surface area contributed by atoms with Crippen LogP contribution in [0.4, 0.5) is 0 Å². The molecule has 5 rings (SSSR count). The first-order valence-corrected chi connectivity index (χ1v) is 11.7. The molecule has 3 aromatic rings. The highest BCUT2D eigenvalue weighted by Gasteiger charge is 2.33. The Bertz CT molecular complexity index is 1300. The summed E-state index contributed by atoms with van der Waals surface area (Å²) in [7, 11) is 1.97. The van der Waals surface area contributed by atoms with Crippen molar-refractivity contribution in [3.8, 4) is 11.5 Å². The van der Waals surface area contributed by atoms with Gasteiger partial charge in [0.15, 0.2) is 5.76 Å². The smallest absolute Gasteiger partial charge is 0.309 e. The standard InChI is InChI=1S/C27H28N2O5/c1-3-33-27(32)17-10-12-29(13-11-17)16-21-23(30)9-8-20-25(31)24(34-26(20)21)14-18-15-28(2)22-7-5-4-6-19(18)22/h4-9,14-15,17,30H,3,10-13,16H2,1-2H3/b24-14+. The number of fused-ring (bicyclic) bond motifs is 2. The molecule has 0 spiro atoms. The molecule has 1 N–H and O–H groups in total. The molecule has 0 radical (unpaired) electrons. The molecule has 0 aliphatic carbocycles. The van der Waals surface area contributed by atoms with Gasteiger partial charge in [-0.2, -0.15) is 0 Å². The van der Waals surface area contributed by atoms with Gasteiger partial charge in [-0.15, -0.1) is 0 Å². The third-order valence-corrected chi connectivity index (χ3v) is 6.72. The zero-order valence-electron chi connectivity index (χ0n) is 19.4. The second-order valence-electron chi connectivity index (χ2n) is 8.89. The number of ketones is 1. The van der Waals surface area contributed by atoms with Crippen LogP contribution in [-0.2, 0) is 23.1 Å². The molecule has 1 aromatic heterocycles. The summed E-state index contributed by atoms with van der Waals surface area (Å²) in [5, 5.41) is 11.6. The lowest BCUT2D eigenvalue weighted by Gasteiger charge is -2.31. The van der Waals surface area contributed by atoms with Crippen molar-refractivity contribution in [1.29, 1.82) is 0 Å². The first-order valence-electron chi connectivity index (χ1n) is 11.7. The molecule has 0 unspecified atom stereocenters. The number of piperidine rings is 1. The van der Waals surface area contributed by atoms with Gasteiger partial charge >= 0.3 is 5.97 Å². The van der Waals surface area contributed by atoms with Gasteiger partial charge in [-0.1, -0.05) is 18.2 Å². The van der Waals surface area contributed by atoms with Gasteiger partial charge in [-0.3, -0.25) is 14.5 Å². The molecule has 0 bridgehead atoms.